The third-order valence-corrected chi connectivity index (χ3v) is 3.23. The van der Waals surface area contributed by atoms with Crippen LogP contribution in [0.4, 0.5) is 11.4 Å². The van der Waals surface area contributed by atoms with Crippen molar-refractivity contribution in [2.45, 2.75) is 0 Å². The summed E-state index contributed by atoms with van der Waals surface area (Å²) in [5.74, 6) is -1.13. The van der Waals surface area contributed by atoms with Crippen molar-refractivity contribution in [1.29, 1.82) is 0 Å². The number of para-hydroxylation sites is 1. The van der Waals surface area contributed by atoms with E-state index >= 15 is 0 Å². The van der Waals surface area contributed by atoms with Crippen LogP contribution >= 0.6 is 0 Å². The molecule has 1 heterocycles. The van der Waals surface area contributed by atoms with Gasteiger partial charge in [0.25, 0.3) is 5.91 Å². The number of rotatable bonds is 3. The molecule has 1 aliphatic rings. The summed E-state index contributed by atoms with van der Waals surface area (Å²) in [5, 5.41) is 14.6. The van der Waals surface area contributed by atoms with Crippen LogP contribution in [0.1, 0.15) is 15.9 Å². The van der Waals surface area contributed by atoms with Crippen LogP contribution in [0.2, 0.25) is 0 Å². The number of carboxylic acid groups (broad SMARTS) is 1. The molecule has 0 saturated heterocycles. The molecular weight excluding hydrogens is 268 g/mol. The van der Waals surface area contributed by atoms with E-state index in [0.29, 0.717) is 11.3 Å². The summed E-state index contributed by atoms with van der Waals surface area (Å²) in [7, 11) is 0. The Balaban J connectivity index is 1.83. The Kier molecular flexibility index (Phi) is 3.16. The molecule has 104 valence electrons. The van der Waals surface area contributed by atoms with Gasteiger partial charge in [0.05, 0.1) is 11.1 Å². The first-order chi connectivity index (χ1) is 10.1. The summed E-state index contributed by atoms with van der Waals surface area (Å²) >= 11 is 0. The third-order valence-electron chi connectivity index (χ3n) is 3.23. The highest BCUT2D eigenvalue weighted by atomic mass is 16.4. The third kappa shape index (κ3) is 2.49. The normalized spacial score (nSPS) is 14.7. The van der Waals surface area contributed by atoms with Gasteiger partial charge in [0.1, 0.15) is 0 Å². The summed E-state index contributed by atoms with van der Waals surface area (Å²) in [6, 6.07) is 13.8. The predicted octanol–water partition coefficient (Wildman–Crippen LogP) is 2.79. The highest BCUT2D eigenvalue weighted by molar-refractivity contribution is 6.31. The van der Waals surface area contributed by atoms with E-state index in [1.807, 2.05) is 24.3 Å². The average molecular weight is 280 g/mol. The first kappa shape index (κ1) is 12.9. The maximum Gasteiger partial charge on any atom is 0.335 e. The molecule has 5 nitrogen and oxygen atoms in total. The lowest BCUT2D eigenvalue weighted by atomic mass is 10.1. The summed E-state index contributed by atoms with van der Waals surface area (Å²) in [4.78, 5) is 22.7. The largest absolute Gasteiger partial charge is 0.478 e. The minimum absolute atomic E-state index is 0.161. The van der Waals surface area contributed by atoms with Crippen molar-refractivity contribution in [2.75, 3.05) is 10.6 Å². The molecule has 0 bridgehead atoms. The lowest BCUT2D eigenvalue weighted by Gasteiger charge is -2.03. The molecule has 1 amide bonds. The van der Waals surface area contributed by atoms with E-state index in [-0.39, 0.29) is 11.5 Å². The van der Waals surface area contributed by atoms with Gasteiger partial charge >= 0.3 is 5.97 Å². The lowest BCUT2D eigenvalue weighted by Crippen LogP contribution is -2.05. The Morgan fingerprint density at radius 1 is 1.10 bits per heavy atom. The van der Waals surface area contributed by atoms with Crippen LogP contribution in [0.25, 0.3) is 5.57 Å². The second-order valence-electron chi connectivity index (χ2n) is 4.58. The SMILES string of the molecule is O=C1Nc2ccccc2/C1=C/Nc1ccc(C(=O)O)cc1. The lowest BCUT2D eigenvalue weighted by molar-refractivity contribution is -0.110. The van der Waals surface area contributed by atoms with Crippen molar-refractivity contribution < 1.29 is 14.7 Å². The first-order valence-corrected chi connectivity index (χ1v) is 6.36. The molecular formula is C16H12N2O3. The number of anilines is 2. The molecule has 0 radical (unpaired) electrons. The molecule has 0 aliphatic carbocycles. The molecule has 3 N–H and O–H groups in total. The van der Waals surface area contributed by atoms with Gasteiger partial charge < -0.3 is 15.7 Å². The van der Waals surface area contributed by atoms with Gasteiger partial charge in [-0.2, -0.15) is 0 Å². The van der Waals surface area contributed by atoms with Gasteiger partial charge in [-0.05, 0) is 30.3 Å². The second-order valence-corrected chi connectivity index (χ2v) is 4.58. The summed E-state index contributed by atoms with van der Waals surface area (Å²) in [6.07, 6.45) is 1.62. The zero-order chi connectivity index (χ0) is 14.8. The maximum atomic E-state index is 11.9. The molecule has 21 heavy (non-hydrogen) atoms. The second kappa shape index (κ2) is 5.13. The van der Waals surface area contributed by atoms with Crippen LogP contribution in [-0.4, -0.2) is 17.0 Å². The molecule has 5 heteroatoms. The monoisotopic (exact) mass is 280 g/mol. The number of benzene rings is 2. The van der Waals surface area contributed by atoms with Crippen LogP contribution < -0.4 is 10.6 Å². The minimum Gasteiger partial charge on any atom is -0.478 e. The molecule has 0 saturated carbocycles. The van der Waals surface area contributed by atoms with Gasteiger partial charge in [0.15, 0.2) is 0 Å². The molecule has 0 aromatic heterocycles. The summed E-state index contributed by atoms with van der Waals surface area (Å²) < 4.78 is 0. The number of amides is 1. The Labute approximate surface area is 120 Å². The maximum absolute atomic E-state index is 11.9. The van der Waals surface area contributed by atoms with Crippen molar-refractivity contribution in [3.8, 4) is 0 Å². The van der Waals surface area contributed by atoms with E-state index in [1.54, 1.807) is 18.3 Å². The molecule has 0 fully saturated rings. The molecule has 0 spiro atoms. The number of carbonyl (C=O) groups is 2. The Hall–Kier alpha value is -3.08. The van der Waals surface area contributed by atoms with E-state index in [1.165, 1.54) is 12.1 Å². The van der Waals surface area contributed by atoms with Gasteiger partial charge in [-0.3, -0.25) is 4.79 Å². The van der Waals surface area contributed by atoms with Crippen LogP contribution in [0.3, 0.4) is 0 Å². The number of hydrogen-bond donors (Lipinski definition) is 3. The molecule has 3 rings (SSSR count). The van der Waals surface area contributed by atoms with Crippen LogP contribution in [0.15, 0.2) is 54.7 Å². The highest BCUT2D eigenvalue weighted by Gasteiger charge is 2.23. The number of aromatic carboxylic acids is 1. The molecule has 0 atom stereocenters. The fraction of sp³-hybridized carbons (Fsp3) is 0. The quantitative estimate of drug-likeness (QED) is 0.755. The minimum atomic E-state index is -0.969. The highest BCUT2D eigenvalue weighted by Crippen LogP contribution is 2.31. The molecule has 0 unspecified atom stereocenters. The summed E-state index contributed by atoms with van der Waals surface area (Å²) in [5.41, 5.74) is 3.11. The van der Waals surface area contributed by atoms with Crippen molar-refractivity contribution in [2.24, 2.45) is 0 Å². The van der Waals surface area contributed by atoms with Crippen molar-refractivity contribution in [3.05, 3.63) is 65.9 Å². The topological polar surface area (TPSA) is 78.4 Å². The summed E-state index contributed by atoms with van der Waals surface area (Å²) in [6.45, 7) is 0. The number of hydrogen-bond acceptors (Lipinski definition) is 3. The van der Waals surface area contributed by atoms with E-state index in [4.69, 9.17) is 5.11 Å². The van der Waals surface area contributed by atoms with Crippen molar-refractivity contribution in [1.82, 2.24) is 0 Å². The van der Waals surface area contributed by atoms with E-state index < -0.39 is 5.97 Å². The fourth-order valence-electron chi connectivity index (χ4n) is 2.15. The molecule has 2 aromatic carbocycles. The van der Waals surface area contributed by atoms with Gasteiger partial charge in [0, 0.05) is 23.1 Å². The number of carboxylic acids is 1. The van der Waals surface area contributed by atoms with Gasteiger partial charge in [-0.25, -0.2) is 4.79 Å². The van der Waals surface area contributed by atoms with E-state index in [2.05, 4.69) is 10.6 Å². The van der Waals surface area contributed by atoms with Crippen LogP contribution in [0.5, 0.6) is 0 Å². The molecule has 1 aliphatic heterocycles. The number of fused-ring (bicyclic) bond motifs is 1. The zero-order valence-electron chi connectivity index (χ0n) is 11.0. The Morgan fingerprint density at radius 3 is 2.52 bits per heavy atom. The Bertz CT molecular complexity index is 748. The van der Waals surface area contributed by atoms with E-state index in [0.717, 1.165) is 11.3 Å². The van der Waals surface area contributed by atoms with Crippen LogP contribution in [-0.2, 0) is 4.79 Å². The van der Waals surface area contributed by atoms with Crippen molar-refractivity contribution in [3.63, 3.8) is 0 Å². The fourth-order valence-corrected chi connectivity index (χ4v) is 2.15. The van der Waals surface area contributed by atoms with Gasteiger partial charge in [-0.15, -0.1) is 0 Å². The number of carbonyl (C=O) groups excluding carboxylic acids is 1. The zero-order valence-corrected chi connectivity index (χ0v) is 11.0. The van der Waals surface area contributed by atoms with Gasteiger partial charge in [0.2, 0.25) is 0 Å². The van der Waals surface area contributed by atoms with Gasteiger partial charge in [-0.1, -0.05) is 18.2 Å². The molecule has 2 aromatic rings. The number of nitrogens with one attached hydrogen (secondary N) is 2. The Morgan fingerprint density at radius 2 is 1.81 bits per heavy atom. The van der Waals surface area contributed by atoms with E-state index in [9.17, 15) is 9.59 Å². The first-order valence-electron chi connectivity index (χ1n) is 6.36. The van der Waals surface area contributed by atoms with Crippen molar-refractivity contribution >= 4 is 28.8 Å². The smallest absolute Gasteiger partial charge is 0.335 e. The van der Waals surface area contributed by atoms with Crippen LogP contribution in [0, 0.1) is 0 Å². The standard InChI is InChI=1S/C16H12N2O3/c19-15-13(12-3-1-2-4-14(12)18-15)9-17-11-7-5-10(6-8-11)16(20)21/h1-9,17H,(H,18,19)(H,20,21)/b13-9-. The average Bonchev–Trinajstić information content (AvgIpc) is 2.81. The predicted molar refractivity (Wildman–Crippen MR) is 80.1 cm³/mol.